The Kier molecular flexibility index (Phi) is 3.88. The van der Waals surface area contributed by atoms with Crippen LogP contribution in [-0.2, 0) is 12.8 Å². The predicted molar refractivity (Wildman–Crippen MR) is 86.8 cm³/mol. The number of nitrogens with one attached hydrogen (secondary N) is 1. The molecule has 1 aliphatic rings. The number of carbonyl (C=O) groups is 1. The molecule has 2 aromatic rings. The Morgan fingerprint density at radius 2 is 1.95 bits per heavy atom. The summed E-state index contributed by atoms with van der Waals surface area (Å²) in [5, 5.41) is 2.64. The SMILES string of the molecule is CNC(=O)c1ccc(N)c(Sc2ccc3c(c2)CCC3)c1. The minimum Gasteiger partial charge on any atom is -0.398 e. The van der Waals surface area contributed by atoms with E-state index in [0.717, 1.165) is 11.3 Å². The fourth-order valence-corrected chi connectivity index (χ4v) is 3.61. The molecule has 0 bridgehead atoms. The van der Waals surface area contributed by atoms with Crippen LogP contribution in [0.2, 0.25) is 0 Å². The van der Waals surface area contributed by atoms with E-state index in [-0.39, 0.29) is 5.91 Å². The minimum atomic E-state index is -0.0918. The van der Waals surface area contributed by atoms with Gasteiger partial charge in [-0.1, -0.05) is 17.8 Å². The Bertz CT molecular complexity index is 697. The van der Waals surface area contributed by atoms with Crippen molar-refractivity contribution in [1.82, 2.24) is 5.32 Å². The van der Waals surface area contributed by atoms with Crippen LogP contribution in [0.15, 0.2) is 46.2 Å². The number of hydrogen-bond donors (Lipinski definition) is 2. The van der Waals surface area contributed by atoms with E-state index in [9.17, 15) is 4.79 Å². The van der Waals surface area contributed by atoms with Gasteiger partial charge in [0.05, 0.1) is 0 Å². The number of rotatable bonds is 3. The summed E-state index contributed by atoms with van der Waals surface area (Å²) in [4.78, 5) is 13.8. The van der Waals surface area contributed by atoms with Gasteiger partial charge in [0.2, 0.25) is 0 Å². The topological polar surface area (TPSA) is 55.1 Å². The van der Waals surface area contributed by atoms with Crippen molar-refractivity contribution in [3.8, 4) is 0 Å². The van der Waals surface area contributed by atoms with Gasteiger partial charge < -0.3 is 11.1 Å². The van der Waals surface area contributed by atoms with Crippen LogP contribution in [0.5, 0.6) is 0 Å². The molecule has 0 saturated carbocycles. The lowest BCUT2D eigenvalue weighted by molar-refractivity contribution is 0.0963. The molecule has 0 spiro atoms. The van der Waals surface area contributed by atoms with Crippen molar-refractivity contribution in [2.45, 2.75) is 29.1 Å². The third kappa shape index (κ3) is 2.90. The second kappa shape index (κ2) is 5.82. The molecule has 0 atom stereocenters. The van der Waals surface area contributed by atoms with Crippen LogP contribution in [0.4, 0.5) is 5.69 Å². The Balaban J connectivity index is 1.89. The van der Waals surface area contributed by atoms with Crippen molar-refractivity contribution >= 4 is 23.4 Å². The Morgan fingerprint density at radius 1 is 1.14 bits per heavy atom. The molecule has 0 saturated heterocycles. The van der Waals surface area contributed by atoms with Crippen LogP contribution in [0.1, 0.15) is 27.9 Å². The van der Waals surface area contributed by atoms with E-state index in [0.29, 0.717) is 11.3 Å². The average Bonchev–Trinajstić information content (AvgIpc) is 2.96. The Morgan fingerprint density at radius 3 is 2.76 bits per heavy atom. The molecule has 2 aromatic carbocycles. The summed E-state index contributed by atoms with van der Waals surface area (Å²) in [5.41, 5.74) is 10.3. The van der Waals surface area contributed by atoms with Crippen molar-refractivity contribution in [3.63, 3.8) is 0 Å². The highest BCUT2D eigenvalue weighted by Gasteiger charge is 2.13. The lowest BCUT2D eigenvalue weighted by atomic mass is 10.1. The van der Waals surface area contributed by atoms with Crippen molar-refractivity contribution in [1.29, 1.82) is 0 Å². The van der Waals surface area contributed by atoms with E-state index in [1.165, 1.54) is 28.9 Å². The van der Waals surface area contributed by atoms with E-state index < -0.39 is 0 Å². The second-order valence-corrected chi connectivity index (χ2v) is 6.33. The maximum Gasteiger partial charge on any atom is 0.251 e. The standard InChI is InChI=1S/C17H18N2OS/c1-19-17(20)13-6-8-15(18)16(10-13)21-14-7-5-11-3-2-4-12(11)9-14/h5-10H,2-4,18H2,1H3,(H,19,20). The highest BCUT2D eigenvalue weighted by molar-refractivity contribution is 7.99. The zero-order valence-corrected chi connectivity index (χ0v) is 12.8. The van der Waals surface area contributed by atoms with Gasteiger partial charge in [-0.3, -0.25) is 4.79 Å². The molecule has 21 heavy (non-hydrogen) atoms. The van der Waals surface area contributed by atoms with Gasteiger partial charge in [0.1, 0.15) is 0 Å². The fourth-order valence-electron chi connectivity index (χ4n) is 2.65. The molecular formula is C17H18N2OS. The molecule has 3 N–H and O–H groups in total. The molecule has 0 aromatic heterocycles. The van der Waals surface area contributed by atoms with Crippen molar-refractivity contribution in [2.24, 2.45) is 0 Å². The first-order valence-corrected chi connectivity index (χ1v) is 7.90. The van der Waals surface area contributed by atoms with Gasteiger partial charge in [-0.15, -0.1) is 0 Å². The first-order chi connectivity index (χ1) is 10.2. The maximum absolute atomic E-state index is 11.7. The molecular weight excluding hydrogens is 280 g/mol. The van der Waals surface area contributed by atoms with Crippen molar-refractivity contribution in [3.05, 3.63) is 53.1 Å². The summed E-state index contributed by atoms with van der Waals surface area (Å²) < 4.78 is 0. The van der Waals surface area contributed by atoms with E-state index >= 15 is 0 Å². The number of aryl methyl sites for hydroxylation is 2. The van der Waals surface area contributed by atoms with E-state index in [1.807, 2.05) is 6.07 Å². The van der Waals surface area contributed by atoms with E-state index in [2.05, 4.69) is 23.5 Å². The lowest BCUT2D eigenvalue weighted by Crippen LogP contribution is -2.17. The largest absolute Gasteiger partial charge is 0.398 e. The van der Waals surface area contributed by atoms with Crippen LogP contribution in [0.3, 0.4) is 0 Å². The highest BCUT2D eigenvalue weighted by Crippen LogP contribution is 2.35. The highest BCUT2D eigenvalue weighted by atomic mass is 32.2. The molecule has 4 heteroatoms. The lowest BCUT2D eigenvalue weighted by Gasteiger charge is -2.09. The summed E-state index contributed by atoms with van der Waals surface area (Å²) in [7, 11) is 1.63. The molecule has 0 aliphatic heterocycles. The summed E-state index contributed by atoms with van der Waals surface area (Å²) in [6.07, 6.45) is 3.60. The maximum atomic E-state index is 11.7. The third-order valence-corrected chi connectivity index (χ3v) is 4.86. The van der Waals surface area contributed by atoms with Gasteiger partial charge in [0.25, 0.3) is 5.91 Å². The van der Waals surface area contributed by atoms with Crippen LogP contribution in [-0.4, -0.2) is 13.0 Å². The number of nitrogens with two attached hydrogens (primary N) is 1. The number of hydrogen-bond acceptors (Lipinski definition) is 3. The van der Waals surface area contributed by atoms with Gasteiger partial charge in [-0.05, 0) is 60.7 Å². The molecule has 0 heterocycles. The van der Waals surface area contributed by atoms with Crippen LogP contribution in [0.25, 0.3) is 0 Å². The monoisotopic (exact) mass is 298 g/mol. The smallest absolute Gasteiger partial charge is 0.251 e. The summed E-state index contributed by atoms with van der Waals surface area (Å²) >= 11 is 1.62. The van der Waals surface area contributed by atoms with Gasteiger partial charge in [0, 0.05) is 28.1 Å². The summed E-state index contributed by atoms with van der Waals surface area (Å²) in [5.74, 6) is -0.0918. The van der Waals surface area contributed by atoms with Gasteiger partial charge >= 0.3 is 0 Å². The quantitative estimate of drug-likeness (QED) is 0.855. The van der Waals surface area contributed by atoms with Gasteiger partial charge in [-0.25, -0.2) is 0 Å². The normalized spacial score (nSPS) is 13.0. The van der Waals surface area contributed by atoms with Crippen LogP contribution < -0.4 is 11.1 Å². The predicted octanol–water partition coefficient (Wildman–Crippen LogP) is 3.27. The number of fused-ring (bicyclic) bond motifs is 1. The minimum absolute atomic E-state index is 0.0918. The molecule has 1 amide bonds. The molecule has 0 unspecified atom stereocenters. The molecule has 1 aliphatic carbocycles. The molecule has 3 rings (SSSR count). The molecule has 0 radical (unpaired) electrons. The van der Waals surface area contributed by atoms with Crippen molar-refractivity contribution < 1.29 is 4.79 Å². The van der Waals surface area contributed by atoms with E-state index in [4.69, 9.17) is 5.73 Å². The number of nitrogen functional groups attached to an aromatic ring is 1. The third-order valence-electron chi connectivity index (χ3n) is 3.80. The average molecular weight is 298 g/mol. The zero-order valence-electron chi connectivity index (χ0n) is 12.0. The van der Waals surface area contributed by atoms with Crippen LogP contribution in [0, 0.1) is 0 Å². The van der Waals surface area contributed by atoms with Crippen molar-refractivity contribution in [2.75, 3.05) is 12.8 Å². The number of benzene rings is 2. The second-order valence-electron chi connectivity index (χ2n) is 5.22. The molecule has 0 fully saturated rings. The first-order valence-electron chi connectivity index (χ1n) is 7.08. The van der Waals surface area contributed by atoms with Gasteiger partial charge in [0.15, 0.2) is 0 Å². The first kappa shape index (κ1) is 14.0. The Labute approximate surface area is 128 Å². The molecule has 108 valence electrons. The molecule has 3 nitrogen and oxygen atoms in total. The van der Waals surface area contributed by atoms with E-state index in [1.54, 1.807) is 30.9 Å². The van der Waals surface area contributed by atoms with Gasteiger partial charge in [-0.2, -0.15) is 0 Å². The summed E-state index contributed by atoms with van der Waals surface area (Å²) in [6.45, 7) is 0. The van der Waals surface area contributed by atoms with Crippen LogP contribution >= 0.6 is 11.8 Å². The number of carbonyl (C=O) groups excluding carboxylic acids is 1. The Hall–Kier alpha value is -1.94. The summed E-state index contributed by atoms with van der Waals surface area (Å²) in [6, 6.07) is 12.0. The number of anilines is 1. The number of amides is 1. The zero-order chi connectivity index (χ0) is 14.8. The fraction of sp³-hybridized carbons (Fsp3) is 0.235.